The molecule has 0 aliphatic carbocycles. The number of aromatic nitrogens is 2. The van der Waals surface area contributed by atoms with E-state index in [0.717, 1.165) is 19.2 Å². The summed E-state index contributed by atoms with van der Waals surface area (Å²) in [6, 6.07) is 3.37. The number of ether oxygens (including phenoxy) is 3. The molecular weight excluding hydrogens is 457 g/mol. The van der Waals surface area contributed by atoms with E-state index in [1.54, 1.807) is 0 Å². The van der Waals surface area contributed by atoms with Crippen LogP contribution < -0.4 is 49.7 Å². The molecule has 0 atom stereocenters. The van der Waals surface area contributed by atoms with Crippen molar-refractivity contribution in [3.05, 3.63) is 34.6 Å². The summed E-state index contributed by atoms with van der Waals surface area (Å²) in [6.07, 6.45) is 0. The Balaban J connectivity index is 0.00000512. The van der Waals surface area contributed by atoms with Gasteiger partial charge in [-0.15, -0.1) is 0 Å². The van der Waals surface area contributed by atoms with Crippen LogP contribution in [-0.4, -0.2) is 57.6 Å². The van der Waals surface area contributed by atoms with Crippen LogP contribution in [0.25, 0.3) is 4.72 Å². The number of anilines is 2. The molecule has 3 amide bonds. The number of nitrogens with zero attached hydrogens (tertiary/aromatic N) is 3. The first-order valence-electron chi connectivity index (χ1n) is 8.35. The zero-order chi connectivity index (χ0) is 23.2. The number of sulfonamides is 1. The minimum atomic E-state index is -4.71. The Morgan fingerprint density at radius 1 is 0.969 bits per heavy atom. The predicted molar refractivity (Wildman–Crippen MR) is 107 cm³/mol. The molecule has 166 valence electrons. The van der Waals surface area contributed by atoms with E-state index < -0.39 is 32.8 Å². The number of urea groups is 1. The summed E-state index contributed by atoms with van der Waals surface area (Å²) in [5, 5.41) is 4.45. The first-order valence-corrected chi connectivity index (χ1v) is 9.79. The number of nitrogens with one attached hydrogen (secondary N) is 2. The quantitative estimate of drug-likeness (QED) is 0.355. The number of hydrogen-bond donors (Lipinski definition) is 2. The number of carbonyl (C=O) groups is 3. The average molecular weight is 475 g/mol. The predicted octanol–water partition coefficient (Wildman–Crippen LogP) is -1.46. The molecule has 15 heteroatoms. The van der Waals surface area contributed by atoms with Gasteiger partial charge in [0.05, 0.1) is 37.9 Å². The maximum atomic E-state index is 12.7. The summed E-state index contributed by atoms with van der Waals surface area (Å²) >= 11 is 0. The van der Waals surface area contributed by atoms with Gasteiger partial charge in [0.25, 0.3) is 0 Å². The Morgan fingerprint density at radius 3 is 2.06 bits per heavy atom. The van der Waals surface area contributed by atoms with Crippen LogP contribution in [0.4, 0.5) is 16.4 Å². The van der Waals surface area contributed by atoms with E-state index >= 15 is 0 Å². The van der Waals surface area contributed by atoms with E-state index in [0.29, 0.717) is 0 Å². The van der Waals surface area contributed by atoms with Crippen LogP contribution >= 0.6 is 0 Å². The summed E-state index contributed by atoms with van der Waals surface area (Å²) in [7, 11) is -1.02. The Labute approximate surface area is 205 Å². The molecule has 2 N–H and O–H groups in total. The van der Waals surface area contributed by atoms with Gasteiger partial charge in [0.1, 0.15) is 0 Å². The van der Waals surface area contributed by atoms with Crippen molar-refractivity contribution in [2.24, 2.45) is 0 Å². The Bertz CT molecular complexity index is 1100. The average Bonchev–Trinajstić information content (AvgIpc) is 2.71. The third kappa shape index (κ3) is 7.05. The third-order valence-electron chi connectivity index (χ3n) is 3.50. The molecule has 0 fully saturated rings. The van der Waals surface area contributed by atoms with Crippen molar-refractivity contribution in [1.82, 2.24) is 9.97 Å². The van der Waals surface area contributed by atoms with Gasteiger partial charge >= 0.3 is 35.5 Å². The van der Waals surface area contributed by atoms with Crippen molar-refractivity contribution in [1.29, 1.82) is 0 Å². The van der Waals surface area contributed by atoms with Gasteiger partial charge in [0.15, 0.2) is 12.0 Å². The van der Waals surface area contributed by atoms with Gasteiger partial charge in [-0.1, -0.05) is 0 Å². The summed E-state index contributed by atoms with van der Waals surface area (Å²) < 4.78 is 43.0. The Morgan fingerprint density at radius 2 is 1.56 bits per heavy atom. The topological polar surface area (TPSA) is 177 Å². The van der Waals surface area contributed by atoms with Crippen molar-refractivity contribution in [3.63, 3.8) is 0 Å². The number of amides is 3. The van der Waals surface area contributed by atoms with Gasteiger partial charge in [0.2, 0.25) is 27.7 Å². The maximum absolute atomic E-state index is 12.7. The number of benzene rings is 1. The summed E-state index contributed by atoms with van der Waals surface area (Å²) in [4.78, 5) is 42.4. The third-order valence-corrected chi connectivity index (χ3v) is 4.80. The minimum absolute atomic E-state index is 0. The molecule has 1 heterocycles. The molecule has 13 nitrogen and oxygen atoms in total. The van der Waals surface area contributed by atoms with Gasteiger partial charge in [-0.05, 0) is 18.2 Å². The van der Waals surface area contributed by atoms with Crippen molar-refractivity contribution < 1.29 is 66.6 Å². The summed E-state index contributed by atoms with van der Waals surface area (Å²) in [5.41, 5.74) is -0.317. The monoisotopic (exact) mass is 475 g/mol. The SMILES string of the molecule is COC(=O)c1ccc(NC(C)=O)cc1S(=O)(=O)[N-]C(=O)Nc1nc(OC)cc(OC)n1.[Na+]. The fraction of sp³-hybridized carbons (Fsp3) is 0.235. The molecule has 0 bridgehead atoms. The molecule has 0 aliphatic heterocycles. The zero-order valence-electron chi connectivity index (χ0n) is 17.8. The Hall–Kier alpha value is -2.94. The van der Waals surface area contributed by atoms with Crippen molar-refractivity contribution in [2.45, 2.75) is 11.8 Å². The molecule has 0 saturated carbocycles. The molecular formula is C17H18N5NaO8S. The van der Waals surface area contributed by atoms with E-state index in [2.05, 4.69) is 30.1 Å². The molecule has 0 spiro atoms. The second kappa shape index (κ2) is 11.6. The minimum Gasteiger partial charge on any atom is -0.481 e. The smallest absolute Gasteiger partial charge is 0.481 e. The molecule has 0 saturated heterocycles. The van der Waals surface area contributed by atoms with Gasteiger partial charge in [-0.3, -0.25) is 9.59 Å². The van der Waals surface area contributed by atoms with Crippen LogP contribution in [0.1, 0.15) is 17.3 Å². The van der Waals surface area contributed by atoms with Gasteiger partial charge in [-0.25, -0.2) is 13.2 Å². The van der Waals surface area contributed by atoms with Crippen LogP contribution in [0.2, 0.25) is 0 Å². The first-order chi connectivity index (χ1) is 14.6. The van der Waals surface area contributed by atoms with Gasteiger partial charge in [-0.2, -0.15) is 9.97 Å². The van der Waals surface area contributed by atoms with Crippen LogP contribution in [-0.2, 0) is 19.6 Å². The molecule has 32 heavy (non-hydrogen) atoms. The molecule has 1 aromatic carbocycles. The second-order valence-electron chi connectivity index (χ2n) is 5.66. The normalized spacial score (nSPS) is 10.2. The maximum Gasteiger partial charge on any atom is 1.00 e. The van der Waals surface area contributed by atoms with E-state index in [1.165, 1.54) is 33.3 Å². The fourth-order valence-electron chi connectivity index (χ4n) is 2.24. The molecule has 0 radical (unpaired) electrons. The second-order valence-corrected chi connectivity index (χ2v) is 7.23. The fourth-order valence-corrected chi connectivity index (χ4v) is 3.31. The van der Waals surface area contributed by atoms with E-state index in [-0.39, 0.29) is 58.5 Å². The summed E-state index contributed by atoms with van der Waals surface area (Å²) in [6.45, 7) is 1.21. The van der Waals surface area contributed by atoms with E-state index in [1.807, 2.05) is 0 Å². The van der Waals surface area contributed by atoms with E-state index in [9.17, 15) is 22.8 Å². The van der Waals surface area contributed by atoms with Crippen molar-refractivity contribution >= 4 is 39.6 Å². The van der Waals surface area contributed by atoms with Crippen LogP contribution in [0.15, 0.2) is 29.2 Å². The molecule has 1 aromatic heterocycles. The number of methoxy groups -OCH3 is 3. The first kappa shape index (κ1) is 27.1. The largest absolute Gasteiger partial charge is 1.00 e. The molecule has 0 aliphatic rings. The van der Waals surface area contributed by atoms with Crippen LogP contribution in [0, 0.1) is 0 Å². The van der Waals surface area contributed by atoms with Gasteiger partial charge in [0, 0.05) is 12.6 Å². The standard InChI is InChI=1S/C17H19N5O8S.Na/c1-9(23)18-10-5-6-11(15(24)30-4)12(7-10)31(26,27)22-17(25)21-16-19-13(28-2)8-14(20-16)29-3;/h5-8H,1-4H3,(H3,18,19,20,21,22,23,24,25);/q;+1/p-1. The van der Waals surface area contributed by atoms with Crippen molar-refractivity contribution in [3.8, 4) is 11.8 Å². The molecule has 2 aromatic rings. The number of esters is 1. The molecule has 0 unspecified atom stereocenters. The zero-order valence-corrected chi connectivity index (χ0v) is 20.6. The number of rotatable bonds is 7. The number of hydrogen-bond acceptors (Lipinski definition) is 10. The van der Waals surface area contributed by atoms with Crippen LogP contribution in [0.5, 0.6) is 11.8 Å². The number of carbonyl (C=O) groups excluding carboxylic acids is 3. The summed E-state index contributed by atoms with van der Waals surface area (Å²) in [5.74, 6) is -1.71. The van der Waals surface area contributed by atoms with Gasteiger partial charge < -0.3 is 29.6 Å². The molecule has 2 rings (SSSR count). The van der Waals surface area contributed by atoms with E-state index in [4.69, 9.17) is 9.47 Å². The van der Waals surface area contributed by atoms with Crippen LogP contribution in [0.3, 0.4) is 0 Å². The van der Waals surface area contributed by atoms with Crippen molar-refractivity contribution in [2.75, 3.05) is 32.0 Å². The Kier molecular flexibility index (Phi) is 9.83.